The van der Waals surface area contributed by atoms with E-state index in [2.05, 4.69) is 39.3 Å². The number of rotatable bonds is 9. The molecule has 0 saturated carbocycles. The van der Waals surface area contributed by atoms with Crippen molar-refractivity contribution in [1.82, 2.24) is 10.4 Å². The van der Waals surface area contributed by atoms with E-state index in [0.29, 0.717) is 6.04 Å². The van der Waals surface area contributed by atoms with Crippen LogP contribution in [0.25, 0.3) is 0 Å². The SMILES string of the molecule is CCCCCCCC(Cc1cncc(Br)c1)NN. The Bertz CT molecular complexity index is 331. The van der Waals surface area contributed by atoms with Crippen molar-refractivity contribution < 1.29 is 0 Å². The third-order valence-corrected chi connectivity index (χ3v) is 3.57. The minimum Gasteiger partial charge on any atom is -0.271 e. The Kier molecular flexibility index (Phi) is 8.22. The smallest absolute Gasteiger partial charge is 0.0410 e. The summed E-state index contributed by atoms with van der Waals surface area (Å²) >= 11 is 3.44. The zero-order valence-corrected chi connectivity index (χ0v) is 12.7. The number of pyridine rings is 1. The van der Waals surface area contributed by atoms with Crippen LogP contribution < -0.4 is 11.3 Å². The van der Waals surface area contributed by atoms with E-state index >= 15 is 0 Å². The van der Waals surface area contributed by atoms with Gasteiger partial charge < -0.3 is 0 Å². The molecule has 1 aromatic rings. The Morgan fingerprint density at radius 3 is 2.72 bits per heavy atom. The number of unbranched alkanes of at least 4 members (excludes halogenated alkanes) is 4. The van der Waals surface area contributed by atoms with Crippen molar-refractivity contribution in [3.8, 4) is 0 Å². The average molecular weight is 314 g/mol. The van der Waals surface area contributed by atoms with Crippen LogP contribution in [-0.4, -0.2) is 11.0 Å². The first-order valence-corrected chi connectivity index (χ1v) is 7.61. The predicted octanol–water partition coefficient (Wildman–Crippen LogP) is 3.58. The first kappa shape index (κ1) is 15.6. The van der Waals surface area contributed by atoms with E-state index in [1.165, 1.54) is 37.7 Å². The summed E-state index contributed by atoms with van der Waals surface area (Å²) in [6, 6.07) is 2.46. The molecule has 102 valence electrons. The van der Waals surface area contributed by atoms with Crippen LogP contribution in [0.1, 0.15) is 51.0 Å². The van der Waals surface area contributed by atoms with Crippen LogP contribution in [0.15, 0.2) is 22.9 Å². The van der Waals surface area contributed by atoms with Gasteiger partial charge in [0.15, 0.2) is 0 Å². The van der Waals surface area contributed by atoms with Gasteiger partial charge in [-0.1, -0.05) is 39.0 Å². The Morgan fingerprint density at radius 1 is 1.28 bits per heavy atom. The highest BCUT2D eigenvalue weighted by atomic mass is 79.9. The highest BCUT2D eigenvalue weighted by Crippen LogP contribution is 2.14. The summed E-state index contributed by atoms with van der Waals surface area (Å²) in [6.45, 7) is 2.24. The van der Waals surface area contributed by atoms with Crippen LogP contribution in [0.5, 0.6) is 0 Å². The number of nitrogens with one attached hydrogen (secondary N) is 1. The van der Waals surface area contributed by atoms with E-state index in [4.69, 9.17) is 5.84 Å². The number of aromatic nitrogens is 1. The molecule has 0 saturated heterocycles. The summed E-state index contributed by atoms with van der Waals surface area (Å²) in [5.41, 5.74) is 4.14. The van der Waals surface area contributed by atoms with E-state index in [1.807, 2.05) is 6.20 Å². The lowest BCUT2D eigenvalue weighted by molar-refractivity contribution is 0.460. The van der Waals surface area contributed by atoms with Gasteiger partial charge in [-0.25, -0.2) is 0 Å². The third-order valence-electron chi connectivity index (χ3n) is 3.14. The minimum absolute atomic E-state index is 0.350. The molecule has 1 heterocycles. The fourth-order valence-electron chi connectivity index (χ4n) is 2.09. The summed E-state index contributed by atoms with van der Waals surface area (Å²) in [5, 5.41) is 0. The van der Waals surface area contributed by atoms with Crippen molar-refractivity contribution in [1.29, 1.82) is 0 Å². The molecule has 1 atom stereocenters. The highest BCUT2D eigenvalue weighted by molar-refractivity contribution is 9.10. The second-order valence-corrected chi connectivity index (χ2v) is 5.70. The summed E-state index contributed by atoms with van der Waals surface area (Å²) < 4.78 is 1.03. The molecule has 0 radical (unpaired) electrons. The van der Waals surface area contributed by atoms with Crippen molar-refractivity contribution in [2.75, 3.05) is 0 Å². The van der Waals surface area contributed by atoms with Crippen molar-refractivity contribution in [3.05, 3.63) is 28.5 Å². The number of nitrogens with two attached hydrogens (primary N) is 1. The standard InChI is InChI=1S/C14H24BrN3/c1-2-3-4-5-6-7-14(18-16)9-12-8-13(15)11-17-10-12/h8,10-11,14,18H,2-7,9,16H2,1H3. The molecular formula is C14H24BrN3. The van der Waals surface area contributed by atoms with Crippen molar-refractivity contribution in [2.45, 2.75) is 57.9 Å². The molecule has 1 rings (SSSR count). The number of hydrazine groups is 1. The van der Waals surface area contributed by atoms with Crippen LogP contribution in [0.4, 0.5) is 0 Å². The zero-order valence-electron chi connectivity index (χ0n) is 11.2. The number of hydrogen-bond acceptors (Lipinski definition) is 3. The minimum atomic E-state index is 0.350. The Morgan fingerprint density at radius 2 is 2.06 bits per heavy atom. The van der Waals surface area contributed by atoms with Gasteiger partial charge in [-0.3, -0.25) is 16.3 Å². The second kappa shape index (κ2) is 9.48. The lowest BCUT2D eigenvalue weighted by Gasteiger charge is -2.15. The molecule has 0 aliphatic rings. The lowest BCUT2D eigenvalue weighted by atomic mass is 10.0. The molecule has 0 aliphatic heterocycles. The van der Waals surface area contributed by atoms with Crippen LogP contribution in [0.2, 0.25) is 0 Å². The number of nitrogens with zero attached hydrogens (tertiary/aromatic N) is 1. The molecule has 0 bridgehead atoms. The fourth-order valence-corrected chi connectivity index (χ4v) is 2.50. The molecule has 0 aromatic carbocycles. The van der Waals surface area contributed by atoms with Crippen LogP contribution >= 0.6 is 15.9 Å². The van der Waals surface area contributed by atoms with Gasteiger partial charge in [-0.05, 0) is 40.4 Å². The first-order chi connectivity index (χ1) is 8.76. The fraction of sp³-hybridized carbons (Fsp3) is 0.643. The molecule has 1 unspecified atom stereocenters. The van der Waals surface area contributed by atoms with Gasteiger partial charge in [-0.15, -0.1) is 0 Å². The van der Waals surface area contributed by atoms with E-state index in [9.17, 15) is 0 Å². The Labute approximate surface area is 119 Å². The van der Waals surface area contributed by atoms with E-state index in [0.717, 1.165) is 17.3 Å². The van der Waals surface area contributed by atoms with Gasteiger partial charge >= 0.3 is 0 Å². The number of halogens is 1. The van der Waals surface area contributed by atoms with E-state index < -0.39 is 0 Å². The van der Waals surface area contributed by atoms with E-state index in [1.54, 1.807) is 6.20 Å². The maximum absolute atomic E-state index is 5.62. The van der Waals surface area contributed by atoms with Gasteiger partial charge in [0.25, 0.3) is 0 Å². The summed E-state index contributed by atoms with van der Waals surface area (Å²) in [4.78, 5) is 4.18. The largest absolute Gasteiger partial charge is 0.271 e. The molecule has 0 fully saturated rings. The molecule has 3 nitrogen and oxygen atoms in total. The summed E-state index contributed by atoms with van der Waals surface area (Å²) in [5.74, 6) is 5.62. The second-order valence-electron chi connectivity index (χ2n) is 4.78. The van der Waals surface area contributed by atoms with Crippen molar-refractivity contribution in [3.63, 3.8) is 0 Å². The maximum atomic E-state index is 5.62. The summed E-state index contributed by atoms with van der Waals surface area (Å²) in [6.07, 6.45) is 12.3. The van der Waals surface area contributed by atoms with Crippen LogP contribution in [0, 0.1) is 0 Å². The lowest BCUT2D eigenvalue weighted by Crippen LogP contribution is -2.36. The zero-order chi connectivity index (χ0) is 13.2. The quantitative estimate of drug-likeness (QED) is 0.416. The molecule has 0 spiro atoms. The van der Waals surface area contributed by atoms with E-state index in [-0.39, 0.29) is 0 Å². The monoisotopic (exact) mass is 313 g/mol. The molecular weight excluding hydrogens is 290 g/mol. The molecule has 3 N–H and O–H groups in total. The van der Waals surface area contributed by atoms with Crippen LogP contribution in [0.3, 0.4) is 0 Å². The highest BCUT2D eigenvalue weighted by Gasteiger charge is 2.08. The predicted molar refractivity (Wildman–Crippen MR) is 80.1 cm³/mol. The number of hydrogen-bond donors (Lipinski definition) is 2. The molecule has 1 aromatic heterocycles. The third kappa shape index (κ3) is 6.47. The molecule has 0 amide bonds. The Balaban J connectivity index is 2.28. The molecule has 18 heavy (non-hydrogen) atoms. The van der Waals surface area contributed by atoms with Gasteiger partial charge in [0.05, 0.1) is 0 Å². The molecule has 0 aliphatic carbocycles. The van der Waals surface area contributed by atoms with Gasteiger partial charge in [-0.2, -0.15) is 0 Å². The Hall–Kier alpha value is -0.450. The van der Waals surface area contributed by atoms with Crippen molar-refractivity contribution >= 4 is 15.9 Å². The topological polar surface area (TPSA) is 50.9 Å². The van der Waals surface area contributed by atoms with Crippen LogP contribution in [-0.2, 0) is 6.42 Å². The van der Waals surface area contributed by atoms with Crippen molar-refractivity contribution in [2.24, 2.45) is 5.84 Å². The van der Waals surface area contributed by atoms with Gasteiger partial charge in [0, 0.05) is 22.9 Å². The maximum Gasteiger partial charge on any atom is 0.0410 e. The normalized spacial score (nSPS) is 12.6. The first-order valence-electron chi connectivity index (χ1n) is 6.81. The van der Waals surface area contributed by atoms with Gasteiger partial charge in [0.1, 0.15) is 0 Å². The average Bonchev–Trinajstić information content (AvgIpc) is 2.37. The summed E-state index contributed by atoms with van der Waals surface area (Å²) in [7, 11) is 0. The molecule has 4 heteroatoms. The van der Waals surface area contributed by atoms with Gasteiger partial charge in [0.2, 0.25) is 0 Å².